The quantitative estimate of drug-likeness (QED) is 0.875. The van der Waals surface area contributed by atoms with Gasteiger partial charge in [0, 0.05) is 18.2 Å². The first kappa shape index (κ1) is 13.4. The summed E-state index contributed by atoms with van der Waals surface area (Å²) in [6.45, 7) is 0. The maximum Gasteiger partial charge on any atom is 0.137 e. The summed E-state index contributed by atoms with van der Waals surface area (Å²) in [4.78, 5) is -0.0774. The topological polar surface area (TPSA) is 35.2 Å². The number of thiocarbonyl (C=S) groups is 1. The molecule has 0 aliphatic heterocycles. The van der Waals surface area contributed by atoms with Crippen molar-refractivity contribution in [2.75, 3.05) is 0 Å². The Kier molecular flexibility index (Phi) is 3.71. The number of nitrogens with two attached hydrogens (primary N) is 1. The average molecular weight is 283 g/mol. The Bertz CT molecular complexity index is 626. The largest absolute Gasteiger partial charge is 0.456 e. The van der Waals surface area contributed by atoms with Gasteiger partial charge in [-0.25, -0.2) is 13.2 Å². The Balaban J connectivity index is 2.40. The number of hydrogen-bond donors (Lipinski definition) is 1. The molecule has 0 aliphatic carbocycles. The molecule has 2 nitrogen and oxygen atoms in total. The van der Waals surface area contributed by atoms with Gasteiger partial charge in [0.05, 0.1) is 5.56 Å². The van der Waals surface area contributed by atoms with Crippen molar-refractivity contribution in [3.05, 3.63) is 59.4 Å². The lowest BCUT2D eigenvalue weighted by Crippen LogP contribution is -2.11. The van der Waals surface area contributed by atoms with Crippen molar-refractivity contribution in [3.63, 3.8) is 0 Å². The summed E-state index contributed by atoms with van der Waals surface area (Å²) in [5.41, 5.74) is 5.59. The van der Waals surface area contributed by atoms with E-state index in [0.717, 1.165) is 24.3 Å². The molecular formula is C13H8F3NOS. The van der Waals surface area contributed by atoms with Gasteiger partial charge in [-0.05, 0) is 18.2 Å². The summed E-state index contributed by atoms with van der Waals surface area (Å²) in [6.07, 6.45) is 0. The van der Waals surface area contributed by atoms with Crippen LogP contribution in [0, 0.1) is 17.5 Å². The predicted octanol–water partition coefficient (Wildman–Crippen LogP) is 3.53. The maximum atomic E-state index is 13.1. The number of ether oxygens (including phenoxy) is 1. The first-order valence-electron chi connectivity index (χ1n) is 5.19. The number of rotatable bonds is 3. The minimum atomic E-state index is -0.783. The highest BCUT2D eigenvalue weighted by Gasteiger charge is 2.10. The summed E-state index contributed by atoms with van der Waals surface area (Å²) in [6, 6.07) is 6.21. The van der Waals surface area contributed by atoms with E-state index in [1.807, 2.05) is 0 Å². The van der Waals surface area contributed by atoms with Crippen LogP contribution >= 0.6 is 12.2 Å². The molecule has 0 atom stereocenters. The highest BCUT2D eigenvalue weighted by Crippen LogP contribution is 2.27. The lowest BCUT2D eigenvalue weighted by atomic mass is 10.2. The van der Waals surface area contributed by atoms with E-state index in [1.165, 1.54) is 6.07 Å². The molecule has 2 N–H and O–H groups in total. The number of halogens is 3. The zero-order valence-corrected chi connectivity index (χ0v) is 10.3. The van der Waals surface area contributed by atoms with Gasteiger partial charge in [-0.15, -0.1) is 0 Å². The average Bonchev–Trinajstić information content (AvgIpc) is 2.30. The zero-order valence-electron chi connectivity index (χ0n) is 9.49. The van der Waals surface area contributed by atoms with Crippen LogP contribution in [0.15, 0.2) is 36.4 Å². The first-order chi connectivity index (χ1) is 8.95. The van der Waals surface area contributed by atoms with Crippen LogP contribution in [0.3, 0.4) is 0 Å². The SMILES string of the molecule is NC(=S)c1cc(F)ccc1Oc1cc(F)cc(F)c1. The molecule has 2 rings (SSSR count). The Morgan fingerprint density at radius 1 is 0.947 bits per heavy atom. The molecule has 19 heavy (non-hydrogen) atoms. The van der Waals surface area contributed by atoms with Crippen molar-refractivity contribution in [2.45, 2.75) is 0 Å². The number of benzene rings is 2. The minimum absolute atomic E-state index is 0.0680. The molecule has 0 unspecified atom stereocenters. The second-order valence-electron chi connectivity index (χ2n) is 3.71. The summed E-state index contributed by atoms with van der Waals surface area (Å²) in [7, 11) is 0. The van der Waals surface area contributed by atoms with Crippen molar-refractivity contribution < 1.29 is 17.9 Å². The molecule has 2 aromatic carbocycles. The van der Waals surface area contributed by atoms with E-state index >= 15 is 0 Å². The third kappa shape index (κ3) is 3.23. The monoisotopic (exact) mass is 283 g/mol. The fourth-order valence-electron chi connectivity index (χ4n) is 1.50. The summed E-state index contributed by atoms with van der Waals surface area (Å²) >= 11 is 4.76. The molecule has 0 amide bonds. The van der Waals surface area contributed by atoms with E-state index < -0.39 is 17.5 Å². The van der Waals surface area contributed by atoms with Gasteiger partial charge in [-0.3, -0.25) is 0 Å². The molecular weight excluding hydrogens is 275 g/mol. The highest BCUT2D eigenvalue weighted by atomic mass is 32.1. The fourth-order valence-corrected chi connectivity index (χ4v) is 1.66. The molecule has 0 fully saturated rings. The van der Waals surface area contributed by atoms with Crippen LogP contribution in [0.2, 0.25) is 0 Å². The van der Waals surface area contributed by atoms with E-state index in [2.05, 4.69) is 0 Å². The van der Waals surface area contributed by atoms with E-state index in [0.29, 0.717) is 6.07 Å². The molecule has 0 aliphatic rings. The van der Waals surface area contributed by atoms with Gasteiger partial charge in [0.1, 0.15) is 33.9 Å². The van der Waals surface area contributed by atoms with Crippen molar-refractivity contribution >= 4 is 17.2 Å². The molecule has 0 aromatic heterocycles. The summed E-state index contributed by atoms with van der Waals surface area (Å²) in [5.74, 6) is -2.05. The molecule has 98 valence electrons. The fraction of sp³-hybridized carbons (Fsp3) is 0. The van der Waals surface area contributed by atoms with Crippen LogP contribution in [0.1, 0.15) is 5.56 Å². The Labute approximate surface area is 112 Å². The van der Waals surface area contributed by atoms with Crippen LogP contribution in [-0.2, 0) is 0 Å². The van der Waals surface area contributed by atoms with Crippen LogP contribution in [0.4, 0.5) is 13.2 Å². The van der Waals surface area contributed by atoms with Crippen molar-refractivity contribution in [1.82, 2.24) is 0 Å². The normalized spacial score (nSPS) is 10.3. The van der Waals surface area contributed by atoms with Crippen molar-refractivity contribution in [1.29, 1.82) is 0 Å². The number of hydrogen-bond acceptors (Lipinski definition) is 2. The van der Waals surface area contributed by atoms with Crippen LogP contribution in [0.5, 0.6) is 11.5 Å². The molecule has 0 spiro atoms. The molecule has 0 saturated heterocycles. The third-order valence-electron chi connectivity index (χ3n) is 2.27. The standard InChI is InChI=1S/C13H8F3NOS/c14-7-1-2-12(11(6-7)13(17)19)18-10-4-8(15)3-9(16)5-10/h1-6H,(H2,17,19). The van der Waals surface area contributed by atoms with E-state index in [-0.39, 0.29) is 22.1 Å². The highest BCUT2D eigenvalue weighted by molar-refractivity contribution is 7.80. The zero-order chi connectivity index (χ0) is 14.0. The molecule has 2 aromatic rings. The van der Waals surface area contributed by atoms with E-state index in [9.17, 15) is 13.2 Å². The lowest BCUT2D eigenvalue weighted by Gasteiger charge is -2.10. The van der Waals surface area contributed by atoms with Crippen LogP contribution in [-0.4, -0.2) is 4.99 Å². The molecule has 0 saturated carbocycles. The second-order valence-corrected chi connectivity index (χ2v) is 4.15. The molecule has 0 heterocycles. The predicted molar refractivity (Wildman–Crippen MR) is 68.7 cm³/mol. The minimum Gasteiger partial charge on any atom is -0.456 e. The Hall–Kier alpha value is -2.08. The van der Waals surface area contributed by atoms with Gasteiger partial charge < -0.3 is 10.5 Å². The van der Waals surface area contributed by atoms with Gasteiger partial charge in [0.25, 0.3) is 0 Å². The van der Waals surface area contributed by atoms with Crippen LogP contribution in [0.25, 0.3) is 0 Å². The molecule has 0 bridgehead atoms. The smallest absolute Gasteiger partial charge is 0.137 e. The van der Waals surface area contributed by atoms with E-state index in [1.54, 1.807) is 0 Å². The van der Waals surface area contributed by atoms with Gasteiger partial charge >= 0.3 is 0 Å². The lowest BCUT2D eigenvalue weighted by molar-refractivity contribution is 0.466. The molecule has 6 heteroatoms. The van der Waals surface area contributed by atoms with E-state index in [4.69, 9.17) is 22.7 Å². The van der Waals surface area contributed by atoms with Crippen molar-refractivity contribution in [2.24, 2.45) is 5.73 Å². The van der Waals surface area contributed by atoms with Crippen molar-refractivity contribution in [3.8, 4) is 11.5 Å². The first-order valence-corrected chi connectivity index (χ1v) is 5.60. The van der Waals surface area contributed by atoms with Gasteiger partial charge in [0.15, 0.2) is 0 Å². The van der Waals surface area contributed by atoms with Gasteiger partial charge in [-0.2, -0.15) is 0 Å². The van der Waals surface area contributed by atoms with Gasteiger partial charge in [-0.1, -0.05) is 12.2 Å². The molecule has 0 radical (unpaired) electrons. The Morgan fingerprint density at radius 3 is 2.16 bits per heavy atom. The third-order valence-corrected chi connectivity index (χ3v) is 2.49. The second kappa shape index (κ2) is 5.27. The summed E-state index contributed by atoms with van der Waals surface area (Å²) in [5, 5.41) is 0. The van der Waals surface area contributed by atoms with Crippen LogP contribution < -0.4 is 10.5 Å². The summed E-state index contributed by atoms with van der Waals surface area (Å²) < 4.78 is 44.4. The Morgan fingerprint density at radius 2 is 1.58 bits per heavy atom. The van der Waals surface area contributed by atoms with Gasteiger partial charge in [0.2, 0.25) is 0 Å². The maximum absolute atomic E-state index is 13.1.